The maximum absolute atomic E-state index is 12.7. The molecule has 128 valence electrons. The van der Waals surface area contributed by atoms with E-state index < -0.39 is 0 Å². The maximum Gasteiger partial charge on any atom is 0.333 e. The fourth-order valence-electron chi connectivity index (χ4n) is 3.99. The minimum atomic E-state index is 0.0353. The number of hydrogen-bond acceptors (Lipinski definition) is 3. The molecule has 2 heterocycles. The summed E-state index contributed by atoms with van der Waals surface area (Å²) in [4.78, 5) is 17.1. The zero-order chi connectivity index (χ0) is 16.4. The lowest BCUT2D eigenvalue weighted by Gasteiger charge is -2.22. The van der Waals surface area contributed by atoms with Gasteiger partial charge < -0.3 is 4.74 Å². The molecular formula is C19H25N3O2. The zero-order valence-electron chi connectivity index (χ0n) is 14.1. The van der Waals surface area contributed by atoms with Crippen molar-refractivity contribution in [3.05, 3.63) is 41.2 Å². The third kappa shape index (κ3) is 3.12. The predicted octanol–water partition coefficient (Wildman–Crippen LogP) is 3.86. The molecule has 0 radical (unpaired) electrons. The second-order valence-electron chi connectivity index (χ2n) is 7.03. The van der Waals surface area contributed by atoms with Crippen molar-refractivity contribution >= 4 is 0 Å². The summed E-state index contributed by atoms with van der Waals surface area (Å²) in [6.07, 6.45) is 16.5. The van der Waals surface area contributed by atoms with E-state index in [-0.39, 0.29) is 5.69 Å². The van der Waals surface area contributed by atoms with Gasteiger partial charge in [0.1, 0.15) is 6.10 Å². The fourth-order valence-corrected chi connectivity index (χ4v) is 3.99. The van der Waals surface area contributed by atoms with Crippen molar-refractivity contribution in [3.8, 4) is 11.6 Å². The number of rotatable bonds is 4. The molecule has 0 atom stereocenters. The van der Waals surface area contributed by atoms with Gasteiger partial charge in [0.25, 0.3) is 0 Å². The Morgan fingerprint density at radius 2 is 1.71 bits per heavy atom. The van der Waals surface area contributed by atoms with E-state index in [0.717, 1.165) is 31.4 Å². The summed E-state index contributed by atoms with van der Waals surface area (Å²) in [5.74, 6) is 0.658. The van der Waals surface area contributed by atoms with E-state index in [1.54, 1.807) is 10.8 Å². The van der Waals surface area contributed by atoms with Crippen LogP contribution in [-0.4, -0.2) is 20.2 Å². The quantitative estimate of drug-likeness (QED) is 0.857. The van der Waals surface area contributed by atoms with Gasteiger partial charge in [0.15, 0.2) is 0 Å². The molecule has 2 aliphatic rings. The Morgan fingerprint density at radius 3 is 2.42 bits per heavy atom. The van der Waals surface area contributed by atoms with E-state index in [2.05, 4.69) is 4.98 Å². The molecule has 0 saturated heterocycles. The number of aromatic nitrogens is 3. The smallest absolute Gasteiger partial charge is 0.333 e. The summed E-state index contributed by atoms with van der Waals surface area (Å²) in [5.41, 5.74) is 0.835. The summed E-state index contributed by atoms with van der Waals surface area (Å²) in [5, 5.41) is 0. The van der Waals surface area contributed by atoms with Crippen LogP contribution in [0.4, 0.5) is 0 Å². The van der Waals surface area contributed by atoms with Crippen LogP contribution in [-0.2, 0) is 0 Å². The van der Waals surface area contributed by atoms with Gasteiger partial charge in [-0.1, -0.05) is 19.3 Å². The molecule has 24 heavy (non-hydrogen) atoms. The first-order valence-corrected chi connectivity index (χ1v) is 9.24. The van der Waals surface area contributed by atoms with E-state index in [0.29, 0.717) is 18.0 Å². The number of hydrogen-bond donors (Lipinski definition) is 0. The van der Waals surface area contributed by atoms with Gasteiger partial charge in [0, 0.05) is 24.5 Å². The normalized spacial score (nSPS) is 19.7. The van der Waals surface area contributed by atoms with Crippen molar-refractivity contribution < 1.29 is 4.74 Å². The topological polar surface area (TPSA) is 49.1 Å². The molecule has 5 nitrogen and oxygen atoms in total. The summed E-state index contributed by atoms with van der Waals surface area (Å²) < 4.78 is 9.47. The second kappa shape index (κ2) is 6.83. The lowest BCUT2D eigenvalue weighted by atomic mass is 9.95. The average Bonchev–Trinajstić information content (AvgIpc) is 3.26. The van der Waals surface area contributed by atoms with E-state index >= 15 is 0 Å². The molecular weight excluding hydrogens is 302 g/mol. The highest BCUT2D eigenvalue weighted by Gasteiger charge is 2.19. The van der Waals surface area contributed by atoms with Crippen LogP contribution in [0, 0.1) is 0 Å². The Hall–Kier alpha value is -2.04. The number of imidazole rings is 1. The molecule has 0 unspecified atom stereocenters. The number of nitrogens with zero attached hydrogens (tertiary/aromatic N) is 3. The Morgan fingerprint density at radius 1 is 0.958 bits per heavy atom. The standard InChI is InChI=1S/C19H25N3O2/c23-19-21(15-6-2-1-3-7-15)12-13-22(19)16-10-11-18(20-14-16)24-17-8-4-5-9-17/h10-15,17H,1-9H2. The minimum absolute atomic E-state index is 0.0353. The third-order valence-electron chi connectivity index (χ3n) is 5.36. The van der Waals surface area contributed by atoms with Crippen molar-refractivity contribution in [2.45, 2.75) is 69.9 Å². The molecule has 0 aromatic carbocycles. The summed E-state index contributed by atoms with van der Waals surface area (Å²) >= 11 is 0. The van der Waals surface area contributed by atoms with Crippen molar-refractivity contribution in [1.29, 1.82) is 0 Å². The molecule has 0 bridgehead atoms. The van der Waals surface area contributed by atoms with Gasteiger partial charge in [0.2, 0.25) is 5.88 Å². The van der Waals surface area contributed by atoms with Crippen LogP contribution in [0.25, 0.3) is 5.69 Å². The van der Waals surface area contributed by atoms with Crippen LogP contribution in [0.2, 0.25) is 0 Å². The van der Waals surface area contributed by atoms with Gasteiger partial charge in [-0.25, -0.2) is 9.78 Å². The van der Waals surface area contributed by atoms with E-state index in [1.807, 2.05) is 29.1 Å². The highest BCUT2D eigenvalue weighted by atomic mass is 16.5. The van der Waals surface area contributed by atoms with Crippen molar-refractivity contribution in [1.82, 2.24) is 14.1 Å². The molecule has 0 N–H and O–H groups in total. The van der Waals surface area contributed by atoms with Crippen LogP contribution < -0.4 is 10.4 Å². The first-order chi connectivity index (χ1) is 11.8. The van der Waals surface area contributed by atoms with E-state index in [9.17, 15) is 4.79 Å². The summed E-state index contributed by atoms with van der Waals surface area (Å²) in [6, 6.07) is 4.15. The van der Waals surface area contributed by atoms with Crippen molar-refractivity contribution in [2.24, 2.45) is 0 Å². The molecule has 0 amide bonds. The van der Waals surface area contributed by atoms with Crippen LogP contribution in [0.1, 0.15) is 63.8 Å². The molecule has 4 rings (SSSR count). The van der Waals surface area contributed by atoms with Crippen LogP contribution >= 0.6 is 0 Å². The minimum Gasteiger partial charge on any atom is -0.474 e. The van der Waals surface area contributed by atoms with Gasteiger partial charge in [-0.05, 0) is 44.6 Å². The Kier molecular flexibility index (Phi) is 4.41. The predicted molar refractivity (Wildman–Crippen MR) is 92.8 cm³/mol. The monoisotopic (exact) mass is 327 g/mol. The SMILES string of the molecule is O=c1n(-c2ccc(OC3CCCC3)nc2)ccn1C1CCCCC1. The molecule has 2 aromatic heterocycles. The fraction of sp³-hybridized carbons (Fsp3) is 0.579. The van der Waals surface area contributed by atoms with Crippen LogP contribution in [0.5, 0.6) is 5.88 Å². The number of pyridine rings is 1. The van der Waals surface area contributed by atoms with Gasteiger partial charge in [-0.2, -0.15) is 0 Å². The lowest BCUT2D eigenvalue weighted by Crippen LogP contribution is -2.27. The van der Waals surface area contributed by atoms with Crippen molar-refractivity contribution in [2.75, 3.05) is 0 Å². The first-order valence-electron chi connectivity index (χ1n) is 9.24. The summed E-state index contributed by atoms with van der Waals surface area (Å²) in [6.45, 7) is 0. The molecule has 0 spiro atoms. The van der Waals surface area contributed by atoms with Gasteiger partial charge >= 0.3 is 5.69 Å². The first kappa shape index (κ1) is 15.5. The van der Waals surface area contributed by atoms with Crippen molar-refractivity contribution in [3.63, 3.8) is 0 Å². The maximum atomic E-state index is 12.7. The molecule has 2 fully saturated rings. The van der Waals surface area contributed by atoms with Crippen LogP contribution in [0.3, 0.4) is 0 Å². The second-order valence-corrected chi connectivity index (χ2v) is 7.03. The summed E-state index contributed by atoms with van der Waals surface area (Å²) in [7, 11) is 0. The Labute approximate surface area is 142 Å². The zero-order valence-corrected chi connectivity index (χ0v) is 14.1. The van der Waals surface area contributed by atoms with Gasteiger partial charge in [-0.15, -0.1) is 0 Å². The lowest BCUT2D eigenvalue weighted by molar-refractivity contribution is 0.201. The Balaban J connectivity index is 1.51. The van der Waals surface area contributed by atoms with Gasteiger partial charge in [-0.3, -0.25) is 9.13 Å². The van der Waals surface area contributed by atoms with E-state index in [1.165, 1.54) is 32.1 Å². The molecule has 0 aliphatic heterocycles. The largest absolute Gasteiger partial charge is 0.474 e. The highest BCUT2D eigenvalue weighted by molar-refractivity contribution is 5.31. The third-order valence-corrected chi connectivity index (χ3v) is 5.36. The molecule has 2 aliphatic carbocycles. The Bertz CT molecular complexity index is 720. The molecule has 2 aromatic rings. The molecule has 2 saturated carbocycles. The van der Waals surface area contributed by atoms with E-state index in [4.69, 9.17) is 4.74 Å². The number of ether oxygens (including phenoxy) is 1. The molecule has 5 heteroatoms. The highest BCUT2D eigenvalue weighted by Crippen LogP contribution is 2.27. The van der Waals surface area contributed by atoms with Crippen LogP contribution in [0.15, 0.2) is 35.5 Å². The average molecular weight is 327 g/mol. The van der Waals surface area contributed by atoms with Gasteiger partial charge in [0.05, 0.1) is 11.9 Å².